The highest BCUT2D eigenvalue weighted by atomic mass is 16.5. The van der Waals surface area contributed by atoms with Crippen molar-refractivity contribution in [1.82, 2.24) is 0 Å². The van der Waals surface area contributed by atoms with Gasteiger partial charge in [-0.25, -0.2) is 0 Å². The molecular formula is C37H39NO. The maximum absolute atomic E-state index is 6.45. The largest absolute Gasteiger partial charge is 0.490 e. The van der Waals surface area contributed by atoms with Crippen LogP contribution in [0.4, 0.5) is 5.69 Å². The molecule has 2 nitrogen and oxygen atoms in total. The molecule has 2 heteroatoms. The summed E-state index contributed by atoms with van der Waals surface area (Å²) in [6.07, 6.45) is 33.5. The van der Waals surface area contributed by atoms with Gasteiger partial charge >= 0.3 is 0 Å². The molecule has 39 heavy (non-hydrogen) atoms. The van der Waals surface area contributed by atoms with Gasteiger partial charge < -0.3 is 10.1 Å². The molecule has 0 amide bonds. The molecule has 0 bridgehead atoms. The SMILES string of the molecule is C1=CC2OC3=C(CCCC3)C2C(Nc2ccc3c(c2)C2(C4=CCCCC4C4C=CCCC42)C2=C3CCC=C2)=C1. The predicted octanol–water partition coefficient (Wildman–Crippen LogP) is 9.07. The average Bonchev–Trinajstić information content (AvgIpc) is 3.62. The fourth-order valence-electron chi connectivity index (χ4n) is 10.1. The van der Waals surface area contributed by atoms with Gasteiger partial charge in [0.2, 0.25) is 0 Å². The zero-order chi connectivity index (χ0) is 25.6. The first-order valence-corrected chi connectivity index (χ1v) is 15.8. The van der Waals surface area contributed by atoms with Gasteiger partial charge in [0.05, 0.1) is 11.7 Å². The second-order valence-corrected chi connectivity index (χ2v) is 13.1. The van der Waals surface area contributed by atoms with Crippen LogP contribution >= 0.6 is 0 Å². The molecule has 1 N–H and O–H groups in total. The summed E-state index contributed by atoms with van der Waals surface area (Å²) in [7, 11) is 0. The smallest absolute Gasteiger partial charge is 0.129 e. The highest BCUT2D eigenvalue weighted by Gasteiger charge is 2.61. The summed E-state index contributed by atoms with van der Waals surface area (Å²) in [5, 5.41) is 3.97. The van der Waals surface area contributed by atoms with Crippen LogP contribution < -0.4 is 5.32 Å². The Hall–Kier alpha value is -3.00. The van der Waals surface area contributed by atoms with Crippen molar-refractivity contribution in [2.24, 2.45) is 23.7 Å². The summed E-state index contributed by atoms with van der Waals surface area (Å²) >= 11 is 0. The summed E-state index contributed by atoms with van der Waals surface area (Å²) < 4.78 is 6.45. The number of hydrogen-bond donors (Lipinski definition) is 1. The Morgan fingerprint density at radius 2 is 1.90 bits per heavy atom. The minimum atomic E-state index is 0.0682. The number of allylic oxidation sites excluding steroid dienone is 11. The molecule has 6 atom stereocenters. The van der Waals surface area contributed by atoms with Crippen molar-refractivity contribution in [1.29, 1.82) is 0 Å². The van der Waals surface area contributed by atoms with Gasteiger partial charge in [-0.2, -0.15) is 0 Å². The zero-order valence-corrected chi connectivity index (χ0v) is 22.9. The number of benzene rings is 1. The van der Waals surface area contributed by atoms with Crippen molar-refractivity contribution in [3.8, 4) is 0 Å². The van der Waals surface area contributed by atoms with Gasteiger partial charge in [0.25, 0.3) is 0 Å². The highest BCUT2D eigenvalue weighted by molar-refractivity contribution is 5.88. The van der Waals surface area contributed by atoms with Crippen molar-refractivity contribution < 1.29 is 4.74 Å². The maximum atomic E-state index is 6.45. The van der Waals surface area contributed by atoms with E-state index in [2.05, 4.69) is 72.1 Å². The summed E-state index contributed by atoms with van der Waals surface area (Å²) in [6.45, 7) is 0. The monoisotopic (exact) mass is 513 g/mol. The van der Waals surface area contributed by atoms with Crippen LogP contribution in [-0.4, -0.2) is 6.10 Å². The van der Waals surface area contributed by atoms with E-state index in [0.29, 0.717) is 23.7 Å². The number of anilines is 1. The third-order valence-electron chi connectivity index (χ3n) is 11.4. The van der Waals surface area contributed by atoms with Crippen LogP contribution in [0.25, 0.3) is 5.57 Å². The van der Waals surface area contributed by atoms with E-state index in [1.54, 1.807) is 27.9 Å². The lowest BCUT2D eigenvalue weighted by Gasteiger charge is -2.40. The van der Waals surface area contributed by atoms with Crippen molar-refractivity contribution in [3.05, 3.63) is 106 Å². The Labute approximate surface area is 233 Å². The summed E-state index contributed by atoms with van der Waals surface area (Å²) in [5.74, 6) is 3.72. The van der Waals surface area contributed by atoms with E-state index < -0.39 is 0 Å². The molecule has 1 fully saturated rings. The highest BCUT2D eigenvalue weighted by Crippen LogP contribution is 2.69. The van der Waals surface area contributed by atoms with Crippen LogP contribution in [0, 0.1) is 23.7 Å². The van der Waals surface area contributed by atoms with Crippen LogP contribution in [-0.2, 0) is 10.2 Å². The van der Waals surface area contributed by atoms with E-state index in [0.717, 1.165) is 6.42 Å². The lowest BCUT2D eigenvalue weighted by atomic mass is 9.63. The van der Waals surface area contributed by atoms with E-state index in [9.17, 15) is 0 Å². The molecule has 9 rings (SSSR count). The first-order chi connectivity index (χ1) is 19.3. The van der Waals surface area contributed by atoms with E-state index in [-0.39, 0.29) is 11.5 Å². The molecule has 6 unspecified atom stereocenters. The van der Waals surface area contributed by atoms with Crippen molar-refractivity contribution in [3.63, 3.8) is 0 Å². The fraction of sp³-hybridized carbons (Fsp3) is 0.459. The molecule has 1 spiro atoms. The topological polar surface area (TPSA) is 21.3 Å². The Kier molecular flexibility index (Phi) is 4.96. The van der Waals surface area contributed by atoms with E-state index in [1.807, 2.05) is 0 Å². The van der Waals surface area contributed by atoms with Crippen LogP contribution in [0.5, 0.6) is 0 Å². The molecular weight excluding hydrogens is 474 g/mol. The average molecular weight is 514 g/mol. The van der Waals surface area contributed by atoms with Gasteiger partial charge in [-0.15, -0.1) is 0 Å². The van der Waals surface area contributed by atoms with Crippen LogP contribution in [0.1, 0.15) is 81.8 Å². The van der Waals surface area contributed by atoms with Gasteiger partial charge in [0.1, 0.15) is 6.10 Å². The first kappa shape index (κ1) is 22.8. The first-order valence-electron chi connectivity index (χ1n) is 15.8. The standard InChI is InChI=1S/C37H39NO/c1-5-14-29-24(10-1)25-11-2-6-15-30(25)37(29)31-16-7-3-12-26(31)27-21-20-23(22-32(27)37)38-33-17-9-19-35-36(33)28-13-4-8-18-34(28)39-35/h1,7,9-10,15-17,19-22,24-25,29,35-36,38H,2-6,8,11-14,18H2. The second kappa shape index (κ2) is 8.50. The molecule has 1 aromatic rings. The second-order valence-electron chi connectivity index (χ2n) is 13.1. The number of rotatable bonds is 2. The molecule has 8 aliphatic rings. The third-order valence-corrected chi connectivity index (χ3v) is 11.4. The van der Waals surface area contributed by atoms with Crippen molar-refractivity contribution >= 4 is 11.3 Å². The summed E-state index contributed by atoms with van der Waals surface area (Å²) in [5.41, 5.74) is 12.4. The van der Waals surface area contributed by atoms with Gasteiger partial charge in [-0.3, -0.25) is 0 Å². The number of ether oxygens (including phenoxy) is 1. The normalized spacial score (nSPS) is 37.0. The van der Waals surface area contributed by atoms with Crippen molar-refractivity contribution in [2.75, 3.05) is 5.32 Å². The zero-order valence-electron chi connectivity index (χ0n) is 22.9. The van der Waals surface area contributed by atoms with Gasteiger partial charge in [-0.05, 0) is 134 Å². The molecule has 0 radical (unpaired) electrons. The van der Waals surface area contributed by atoms with Gasteiger partial charge in [-0.1, -0.05) is 48.1 Å². The Bertz CT molecular complexity index is 1480. The van der Waals surface area contributed by atoms with Crippen LogP contribution in [0.3, 0.4) is 0 Å². The molecule has 1 saturated carbocycles. The molecule has 1 aromatic carbocycles. The molecule has 0 aromatic heterocycles. The van der Waals surface area contributed by atoms with Gasteiger partial charge in [0, 0.05) is 23.2 Å². The molecule has 7 aliphatic carbocycles. The lowest BCUT2D eigenvalue weighted by molar-refractivity contribution is 0.154. The van der Waals surface area contributed by atoms with E-state index in [1.165, 1.54) is 86.9 Å². The third kappa shape index (κ3) is 3.04. The molecule has 1 heterocycles. The molecule has 198 valence electrons. The van der Waals surface area contributed by atoms with Crippen molar-refractivity contribution in [2.45, 2.75) is 82.1 Å². The quantitative estimate of drug-likeness (QED) is 0.398. The number of hydrogen-bond acceptors (Lipinski definition) is 2. The minimum Gasteiger partial charge on any atom is -0.490 e. The van der Waals surface area contributed by atoms with E-state index >= 15 is 0 Å². The predicted molar refractivity (Wildman–Crippen MR) is 159 cm³/mol. The Morgan fingerprint density at radius 3 is 2.90 bits per heavy atom. The van der Waals surface area contributed by atoms with Crippen LogP contribution in [0.15, 0.2) is 95.0 Å². The number of nitrogens with one attached hydrogen (secondary N) is 1. The summed E-state index contributed by atoms with van der Waals surface area (Å²) in [6, 6.07) is 7.41. The fourth-order valence-corrected chi connectivity index (χ4v) is 10.1. The van der Waals surface area contributed by atoms with Crippen LogP contribution in [0.2, 0.25) is 0 Å². The summed E-state index contributed by atoms with van der Waals surface area (Å²) in [4.78, 5) is 0. The molecule has 1 aliphatic heterocycles. The Balaban J connectivity index is 1.17. The number of fused-ring (bicyclic) bond motifs is 11. The minimum absolute atomic E-state index is 0.0682. The van der Waals surface area contributed by atoms with Gasteiger partial charge in [0.15, 0.2) is 0 Å². The molecule has 0 saturated heterocycles. The lowest BCUT2D eigenvalue weighted by Crippen LogP contribution is -2.35. The Morgan fingerprint density at radius 1 is 0.923 bits per heavy atom. The maximum Gasteiger partial charge on any atom is 0.129 e. The van der Waals surface area contributed by atoms with E-state index in [4.69, 9.17) is 4.74 Å².